The van der Waals surface area contributed by atoms with Crippen LogP contribution in [0.3, 0.4) is 0 Å². The van der Waals surface area contributed by atoms with E-state index in [0.717, 1.165) is 23.7 Å². The molecule has 5 heteroatoms. The van der Waals surface area contributed by atoms with Gasteiger partial charge >= 0.3 is 0 Å². The lowest BCUT2D eigenvalue weighted by Crippen LogP contribution is -2.13. The van der Waals surface area contributed by atoms with E-state index in [1.54, 1.807) is 0 Å². The minimum atomic E-state index is 0.647. The maximum atomic E-state index is 5.45. The normalized spacial score (nSPS) is 10.6. The number of ether oxygens (including phenoxy) is 1. The fourth-order valence-corrected chi connectivity index (χ4v) is 1.65. The van der Waals surface area contributed by atoms with E-state index in [1.807, 2.05) is 32.0 Å². The molecule has 0 spiro atoms. The summed E-state index contributed by atoms with van der Waals surface area (Å²) in [5.41, 5.74) is 2.84. The zero-order chi connectivity index (χ0) is 12.8. The lowest BCUT2D eigenvalue weighted by molar-refractivity contribution is 0.300. The smallest absolute Gasteiger partial charge is 0.121 e. The van der Waals surface area contributed by atoms with Gasteiger partial charge in [-0.1, -0.05) is 22.4 Å². The minimum Gasteiger partial charge on any atom is -0.494 e. The van der Waals surface area contributed by atoms with Crippen LogP contribution in [0.5, 0.6) is 5.75 Å². The SMILES string of the molecule is CCOc1cccc(CNCc2nonc2C)c1. The Morgan fingerprint density at radius 2 is 2.17 bits per heavy atom. The Hall–Kier alpha value is -1.88. The molecule has 96 valence electrons. The number of rotatable bonds is 6. The third-order valence-electron chi connectivity index (χ3n) is 2.58. The summed E-state index contributed by atoms with van der Waals surface area (Å²) in [7, 11) is 0. The van der Waals surface area contributed by atoms with Crippen molar-refractivity contribution in [3.63, 3.8) is 0 Å². The molecule has 0 bridgehead atoms. The average molecular weight is 247 g/mol. The van der Waals surface area contributed by atoms with Crippen molar-refractivity contribution in [2.45, 2.75) is 26.9 Å². The van der Waals surface area contributed by atoms with Crippen molar-refractivity contribution >= 4 is 0 Å². The van der Waals surface area contributed by atoms with Crippen LogP contribution in [0.15, 0.2) is 28.9 Å². The fraction of sp³-hybridized carbons (Fsp3) is 0.385. The molecule has 5 nitrogen and oxygen atoms in total. The van der Waals surface area contributed by atoms with Crippen LogP contribution in [0.1, 0.15) is 23.9 Å². The van der Waals surface area contributed by atoms with Crippen LogP contribution in [0.25, 0.3) is 0 Å². The number of aryl methyl sites for hydroxylation is 1. The van der Waals surface area contributed by atoms with Crippen LogP contribution in [-0.4, -0.2) is 16.9 Å². The molecule has 0 atom stereocenters. The van der Waals surface area contributed by atoms with E-state index in [9.17, 15) is 0 Å². The van der Waals surface area contributed by atoms with Gasteiger partial charge in [-0.2, -0.15) is 0 Å². The van der Waals surface area contributed by atoms with Gasteiger partial charge in [-0.3, -0.25) is 0 Å². The van der Waals surface area contributed by atoms with Gasteiger partial charge in [-0.05, 0) is 31.5 Å². The van der Waals surface area contributed by atoms with Crippen molar-refractivity contribution in [3.05, 3.63) is 41.2 Å². The van der Waals surface area contributed by atoms with Gasteiger partial charge in [0, 0.05) is 13.1 Å². The highest BCUT2D eigenvalue weighted by molar-refractivity contribution is 5.28. The van der Waals surface area contributed by atoms with Crippen LogP contribution in [0, 0.1) is 6.92 Å². The van der Waals surface area contributed by atoms with Crippen LogP contribution in [0.4, 0.5) is 0 Å². The molecule has 2 rings (SSSR count). The highest BCUT2D eigenvalue weighted by Crippen LogP contribution is 2.13. The second-order valence-corrected chi connectivity index (χ2v) is 3.98. The highest BCUT2D eigenvalue weighted by atomic mass is 16.6. The molecule has 0 saturated carbocycles. The van der Waals surface area contributed by atoms with Gasteiger partial charge in [-0.25, -0.2) is 4.63 Å². The van der Waals surface area contributed by atoms with Gasteiger partial charge in [0.15, 0.2) is 0 Å². The summed E-state index contributed by atoms with van der Waals surface area (Å²) in [6.07, 6.45) is 0. The number of hydrogen-bond donors (Lipinski definition) is 1. The van der Waals surface area contributed by atoms with Crippen LogP contribution < -0.4 is 10.1 Å². The molecule has 0 aliphatic heterocycles. The Balaban J connectivity index is 1.86. The van der Waals surface area contributed by atoms with E-state index in [-0.39, 0.29) is 0 Å². The molecule has 0 fully saturated rings. The molecule has 0 aliphatic rings. The van der Waals surface area contributed by atoms with Crippen LogP contribution in [0.2, 0.25) is 0 Å². The van der Waals surface area contributed by atoms with Crippen molar-refractivity contribution in [1.82, 2.24) is 15.6 Å². The molecule has 1 heterocycles. The van der Waals surface area contributed by atoms with E-state index in [4.69, 9.17) is 4.74 Å². The standard InChI is InChI=1S/C13H17N3O2/c1-3-17-12-6-4-5-11(7-12)8-14-9-13-10(2)15-18-16-13/h4-7,14H,3,8-9H2,1-2H3. The van der Waals surface area contributed by atoms with Crippen molar-refractivity contribution < 1.29 is 9.37 Å². The van der Waals surface area contributed by atoms with E-state index in [1.165, 1.54) is 5.56 Å². The van der Waals surface area contributed by atoms with Gasteiger partial charge < -0.3 is 10.1 Å². The number of hydrogen-bond acceptors (Lipinski definition) is 5. The maximum absolute atomic E-state index is 5.45. The molecule has 0 radical (unpaired) electrons. The first kappa shape index (κ1) is 12.6. The molecule has 18 heavy (non-hydrogen) atoms. The van der Waals surface area contributed by atoms with Gasteiger partial charge in [0.2, 0.25) is 0 Å². The van der Waals surface area contributed by atoms with Crippen LogP contribution in [-0.2, 0) is 13.1 Å². The molecule has 1 aromatic heterocycles. The quantitative estimate of drug-likeness (QED) is 0.846. The van der Waals surface area contributed by atoms with Gasteiger partial charge in [0.05, 0.1) is 6.61 Å². The van der Waals surface area contributed by atoms with Crippen molar-refractivity contribution in [2.75, 3.05) is 6.61 Å². The second-order valence-electron chi connectivity index (χ2n) is 3.98. The molecule has 2 aromatic rings. The summed E-state index contributed by atoms with van der Waals surface area (Å²) >= 11 is 0. The lowest BCUT2D eigenvalue weighted by Gasteiger charge is -2.06. The van der Waals surface area contributed by atoms with E-state index in [0.29, 0.717) is 13.2 Å². The Labute approximate surface area is 106 Å². The first-order valence-electron chi connectivity index (χ1n) is 6.00. The van der Waals surface area contributed by atoms with Gasteiger partial charge in [0.25, 0.3) is 0 Å². The molecular weight excluding hydrogens is 230 g/mol. The van der Waals surface area contributed by atoms with E-state index >= 15 is 0 Å². The summed E-state index contributed by atoms with van der Waals surface area (Å²) in [4.78, 5) is 0. The third-order valence-corrected chi connectivity index (χ3v) is 2.58. The van der Waals surface area contributed by atoms with Gasteiger partial charge in [0.1, 0.15) is 17.1 Å². The van der Waals surface area contributed by atoms with Gasteiger partial charge in [-0.15, -0.1) is 0 Å². The Kier molecular flexibility index (Phi) is 4.30. The predicted octanol–water partition coefficient (Wildman–Crippen LogP) is 2.07. The molecule has 0 amide bonds. The summed E-state index contributed by atoms with van der Waals surface area (Å²) in [5.74, 6) is 0.899. The first-order valence-corrected chi connectivity index (χ1v) is 6.00. The Morgan fingerprint density at radius 3 is 2.89 bits per heavy atom. The second kappa shape index (κ2) is 6.16. The van der Waals surface area contributed by atoms with E-state index in [2.05, 4.69) is 26.3 Å². The monoisotopic (exact) mass is 247 g/mol. The third kappa shape index (κ3) is 3.30. The summed E-state index contributed by atoms with van der Waals surface area (Å²) in [6.45, 7) is 5.94. The topological polar surface area (TPSA) is 60.2 Å². The van der Waals surface area contributed by atoms with Crippen molar-refractivity contribution in [2.24, 2.45) is 0 Å². The molecule has 0 aliphatic carbocycles. The average Bonchev–Trinajstić information content (AvgIpc) is 2.76. The molecule has 0 saturated heterocycles. The molecule has 0 unspecified atom stereocenters. The summed E-state index contributed by atoms with van der Waals surface area (Å²) in [5, 5.41) is 10.9. The van der Waals surface area contributed by atoms with Crippen molar-refractivity contribution in [3.8, 4) is 5.75 Å². The first-order chi connectivity index (χ1) is 8.79. The molecule has 1 aromatic carbocycles. The number of aromatic nitrogens is 2. The predicted molar refractivity (Wildman–Crippen MR) is 67.2 cm³/mol. The number of nitrogens with one attached hydrogen (secondary N) is 1. The fourth-order valence-electron chi connectivity index (χ4n) is 1.65. The highest BCUT2D eigenvalue weighted by Gasteiger charge is 2.04. The molecular formula is C13H17N3O2. The van der Waals surface area contributed by atoms with Crippen molar-refractivity contribution in [1.29, 1.82) is 0 Å². The van der Waals surface area contributed by atoms with E-state index < -0.39 is 0 Å². The summed E-state index contributed by atoms with van der Waals surface area (Å²) in [6, 6.07) is 8.04. The minimum absolute atomic E-state index is 0.647. The number of nitrogens with zero attached hydrogens (tertiary/aromatic N) is 2. The van der Waals surface area contributed by atoms with Crippen LogP contribution >= 0.6 is 0 Å². The Morgan fingerprint density at radius 1 is 1.28 bits per heavy atom. The lowest BCUT2D eigenvalue weighted by atomic mass is 10.2. The maximum Gasteiger partial charge on any atom is 0.121 e. The summed E-state index contributed by atoms with van der Waals surface area (Å²) < 4.78 is 10.1. The number of benzene rings is 1. The Bertz CT molecular complexity index is 496. The largest absolute Gasteiger partial charge is 0.494 e. The zero-order valence-corrected chi connectivity index (χ0v) is 10.6. The zero-order valence-electron chi connectivity index (χ0n) is 10.6. The molecule has 1 N–H and O–H groups in total.